The van der Waals surface area contributed by atoms with Gasteiger partial charge >= 0.3 is 0 Å². The van der Waals surface area contributed by atoms with Gasteiger partial charge in [0.15, 0.2) is 0 Å². The van der Waals surface area contributed by atoms with E-state index in [1.807, 2.05) is 4.68 Å². The van der Waals surface area contributed by atoms with Crippen LogP contribution in [0.25, 0.3) is 0 Å². The summed E-state index contributed by atoms with van der Waals surface area (Å²) in [5.41, 5.74) is 0. The predicted molar refractivity (Wildman–Crippen MR) is 73.8 cm³/mol. The third-order valence-electron chi connectivity index (χ3n) is 3.47. The van der Waals surface area contributed by atoms with Crippen molar-refractivity contribution < 1.29 is 0 Å². The molecule has 0 spiro atoms. The van der Waals surface area contributed by atoms with Crippen LogP contribution >= 0.6 is 11.8 Å². The maximum Gasteiger partial charge on any atom is 0.209 e. The highest BCUT2D eigenvalue weighted by Crippen LogP contribution is 2.31. The van der Waals surface area contributed by atoms with Crippen molar-refractivity contribution in [2.75, 3.05) is 12.3 Å². The number of nitrogens with zero attached hydrogens (tertiary/aromatic N) is 4. The first kappa shape index (κ1) is 13.8. The summed E-state index contributed by atoms with van der Waals surface area (Å²) >= 11 is 1.78. The summed E-state index contributed by atoms with van der Waals surface area (Å²) in [7, 11) is 0. The average molecular weight is 269 g/mol. The molecule has 2 rings (SSSR count). The lowest BCUT2D eigenvalue weighted by atomic mass is 10.3. The summed E-state index contributed by atoms with van der Waals surface area (Å²) in [6, 6.07) is 1.10. The van der Waals surface area contributed by atoms with Crippen LogP contribution in [0.5, 0.6) is 0 Å². The third-order valence-corrected chi connectivity index (χ3v) is 4.43. The second kappa shape index (κ2) is 7.09. The second-order valence-electron chi connectivity index (χ2n) is 4.94. The molecule has 1 aromatic heterocycles. The van der Waals surface area contributed by atoms with E-state index in [0.29, 0.717) is 12.1 Å². The van der Waals surface area contributed by atoms with Crippen molar-refractivity contribution in [3.63, 3.8) is 0 Å². The second-order valence-corrected chi connectivity index (χ2v) is 6.00. The minimum absolute atomic E-state index is 0.536. The van der Waals surface area contributed by atoms with Crippen molar-refractivity contribution in [1.29, 1.82) is 0 Å². The van der Waals surface area contributed by atoms with Crippen molar-refractivity contribution >= 4 is 11.8 Å². The smallest absolute Gasteiger partial charge is 0.209 e. The van der Waals surface area contributed by atoms with E-state index < -0.39 is 0 Å². The Balaban J connectivity index is 1.80. The highest BCUT2D eigenvalue weighted by Gasteiger charge is 2.21. The van der Waals surface area contributed by atoms with Gasteiger partial charge in [-0.25, -0.2) is 4.68 Å². The van der Waals surface area contributed by atoms with Gasteiger partial charge in [0.25, 0.3) is 0 Å². The molecule has 0 aliphatic heterocycles. The van der Waals surface area contributed by atoms with E-state index in [0.717, 1.165) is 23.9 Å². The van der Waals surface area contributed by atoms with Gasteiger partial charge in [-0.05, 0) is 43.2 Å². The highest BCUT2D eigenvalue weighted by molar-refractivity contribution is 7.99. The number of rotatable bonds is 7. The molecule has 1 aromatic rings. The fourth-order valence-electron chi connectivity index (χ4n) is 2.44. The molecule has 1 saturated carbocycles. The van der Waals surface area contributed by atoms with Crippen LogP contribution in [0.15, 0.2) is 5.16 Å². The number of hydrogen-bond donors (Lipinski definition) is 1. The Kier molecular flexibility index (Phi) is 5.44. The van der Waals surface area contributed by atoms with Gasteiger partial charge in [-0.15, -0.1) is 5.10 Å². The van der Waals surface area contributed by atoms with E-state index in [4.69, 9.17) is 0 Å². The van der Waals surface area contributed by atoms with E-state index in [2.05, 4.69) is 34.7 Å². The van der Waals surface area contributed by atoms with Gasteiger partial charge in [0.1, 0.15) is 0 Å². The Hall–Kier alpha value is -0.620. The molecule has 0 saturated heterocycles. The van der Waals surface area contributed by atoms with Crippen LogP contribution in [0.2, 0.25) is 0 Å². The first-order valence-electron chi connectivity index (χ1n) is 6.95. The van der Waals surface area contributed by atoms with Crippen molar-refractivity contribution in [3.05, 3.63) is 0 Å². The van der Waals surface area contributed by atoms with E-state index in [1.54, 1.807) is 11.8 Å². The minimum atomic E-state index is 0.536. The minimum Gasteiger partial charge on any atom is -0.315 e. The lowest BCUT2D eigenvalue weighted by Gasteiger charge is -2.13. The van der Waals surface area contributed by atoms with Crippen LogP contribution in [0.1, 0.15) is 52.0 Å². The van der Waals surface area contributed by atoms with Crippen LogP contribution < -0.4 is 5.32 Å². The van der Waals surface area contributed by atoms with Crippen molar-refractivity contribution in [3.8, 4) is 0 Å². The Morgan fingerprint density at radius 1 is 1.44 bits per heavy atom. The van der Waals surface area contributed by atoms with Gasteiger partial charge in [0.05, 0.1) is 6.04 Å². The molecule has 1 aliphatic carbocycles. The molecule has 5 nitrogen and oxygen atoms in total. The Morgan fingerprint density at radius 3 is 2.94 bits per heavy atom. The number of hydrogen-bond acceptors (Lipinski definition) is 5. The van der Waals surface area contributed by atoms with Crippen molar-refractivity contribution in [1.82, 2.24) is 25.5 Å². The molecule has 0 bridgehead atoms. The summed E-state index contributed by atoms with van der Waals surface area (Å²) in [4.78, 5) is 0. The number of aromatic nitrogens is 4. The number of nitrogens with one attached hydrogen (secondary N) is 1. The normalized spacial score (nSPS) is 18.3. The van der Waals surface area contributed by atoms with Gasteiger partial charge in [-0.2, -0.15) is 0 Å². The number of tetrazole rings is 1. The highest BCUT2D eigenvalue weighted by atomic mass is 32.2. The van der Waals surface area contributed by atoms with Crippen LogP contribution in [-0.4, -0.2) is 38.5 Å². The van der Waals surface area contributed by atoms with Crippen LogP contribution in [0, 0.1) is 0 Å². The van der Waals surface area contributed by atoms with Crippen LogP contribution in [0.3, 0.4) is 0 Å². The molecule has 102 valence electrons. The zero-order valence-corrected chi connectivity index (χ0v) is 12.1. The van der Waals surface area contributed by atoms with E-state index in [-0.39, 0.29) is 0 Å². The topological polar surface area (TPSA) is 55.6 Å². The van der Waals surface area contributed by atoms with Gasteiger partial charge in [-0.3, -0.25) is 0 Å². The Morgan fingerprint density at radius 2 is 2.22 bits per heavy atom. The average Bonchev–Trinajstić information content (AvgIpc) is 2.98. The molecular formula is C12H23N5S. The fourth-order valence-corrected chi connectivity index (χ4v) is 3.50. The van der Waals surface area contributed by atoms with Gasteiger partial charge < -0.3 is 5.32 Å². The quantitative estimate of drug-likeness (QED) is 0.770. The van der Waals surface area contributed by atoms with E-state index in [1.165, 1.54) is 25.7 Å². The van der Waals surface area contributed by atoms with Crippen LogP contribution in [-0.2, 0) is 0 Å². The Bertz CT molecular complexity index is 348. The molecular weight excluding hydrogens is 246 g/mol. The fraction of sp³-hybridized carbons (Fsp3) is 0.917. The third kappa shape index (κ3) is 3.68. The summed E-state index contributed by atoms with van der Waals surface area (Å²) in [5.74, 6) is 1.07. The maximum atomic E-state index is 4.15. The molecule has 1 unspecified atom stereocenters. The largest absolute Gasteiger partial charge is 0.315 e. The summed E-state index contributed by atoms with van der Waals surface area (Å²) in [5, 5.41) is 16.5. The predicted octanol–water partition coefficient (Wildman–Crippen LogP) is 2.27. The zero-order chi connectivity index (χ0) is 12.8. The molecule has 0 amide bonds. The number of thioether (sulfide) groups is 1. The monoisotopic (exact) mass is 269 g/mol. The molecule has 1 heterocycles. The molecule has 1 atom stereocenters. The lowest BCUT2D eigenvalue weighted by Crippen LogP contribution is -2.25. The summed E-state index contributed by atoms with van der Waals surface area (Å²) < 4.78 is 2.04. The molecule has 6 heteroatoms. The first-order valence-corrected chi connectivity index (χ1v) is 7.94. The zero-order valence-electron chi connectivity index (χ0n) is 11.3. The van der Waals surface area contributed by atoms with Gasteiger partial charge in [0.2, 0.25) is 5.16 Å². The molecule has 1 aliphatic rings. The first-order chi connectivity index (χ1) is 8.81. The molecule has 1 fully saturated rings. The van der Waals surface area contributed by atoms with E-state index in [9.17, 15) is 0 Å². The summed E-state index contributed by atoms with van der Waals surface area (Å²) in [6.45, 7) is 5.40. The van der Waals surface area contributed by atoms with Crippen molar-refractivity contribution in [2.45, 2.75) is 63.2 Å². The standard InChI is InChI=1S/C12H23N5S/c1-3-13-10(2)8-9-18-12-14-15-16-17(12)11-6-4-5-7-11/h10-11,13H,3-9H2,1-2H3. The lowest BCUT2D eigenvalue weighted by molar-refractivity contribution is 0.423. The molecule has 0 radical (unpaired) electrons. The molecule has 0 aromatic carbocycles. The molecule has 1 N–H and O–H groups in total. The van der Waals surface area contributed by atoms with Crippen molar-refractivity contribution in [2.24, 2.45) is 0 Å². The van der Waals surface area contributed by atoms with Gasteiger partial charge in [0, 0.05) is 11.8 Å². The van der Waals surface area contributed by atoms with E-state index >= 15 is 0 Å². The maximum absolute atomic E-state index is 4.15. The Labute approximate surface area is 113 Å². The van der Waals surface area contributed by atoms with Gasteiger partial charge in [-0.1, -0.05) is 31.5 Å². The molecule has 18 heavy (non-hydrogen) atoms. The SMILES string of the molecule is CCNC(C)CCSc1nnnn1C1CCCC1. The summed E-state index contributed by atoms with van der Waals surface area (Å²) in [6.07, 6.45) is 6.23. The van der Waals surface area contributed by atoms with Crippen LogP contribution in [0.4, 0.5) is 0 Å².